The number of thiophene rings is 1. The number of amides is 1. The molecule has 1 amide bonds. The molecule has 0 spiro atoms. The zero-order valence-electron chi connectivity index (χ0n) is 16.2. The van der Waals surface area contributed by atoms with Gasteiger partial charge in [-0.2, -0.15) is 10.6 Å². The molecule has 2 aromatic heterocycles. The summed E-state index contributed by atoms with van der Waals surface area (Å²) in [6, 6.07) is 9.28. The first-order valence-corrected chi connectivity index (χ1v) is 12.6. The van der Waals surface area contributed by atoms with Crippen molar-refractivity contribution in [1.82, 2.24) is 9.97 Å². The summed E-state index contributed by atoms with van der Waals surface area (Å²) in [6.07, 6.45) is 0.806. The van der Waals surface area contributed by atoms with E-state index in [0.717, 1.165) is 28.1 Å². The number of carbonyl (C=O) groups excluding carboxylic acids is 1. The number of benzene rings is 1. The van der Waals surface area contributed by atoms with Crippen LogP contribution in [0.15, 0.2) is 30.3 Å². The van der Waals surface area contributed by atoms with Crippen LogP contribution in [0, 0.1) is 0 Å². The van der Waals surface area contributed by atoms with E-state index in [1.807, 2.05) is 29.2 Å². The smallest absolute Gasteiger partial charge is 0.255 e. The minimum absolute atomic E-state index is 0.117. The Morgan fingerprint density at radius 1 is 1.26 bits per heavy atom. The van der Waals surface area contributed by atoms with Gasteiger partial charge < -0.3 is 15.4 Å². The van der Waals surface area contributed by atoms with Gasteiger partial charge in [0.15, 0.2) is 12.4 Å². The minimum Gasteiger partial charge on any atom is -0.484 e. The van der Waals surface area contributed by atoms with Crippen LogP contribution in [0.4, 0.5) is 11.5 Å². The third-order valence-electron chi connectivity index (χ3n) is 5.20. The van der Waals surface area contributed by atoms with Crippen molar-refractivity contribution < 1.29 is 18.6 Å². The minimum atomic E-state index is -2.78. The van der Waals surface area contributed by atoms with Crippen LogP contribution < -0.4 is 15.4 Å². The highest BCUT2D eigenvalue weighted by Crippen LogP contribution is 2.55. The Balaban J connectivity index is 1.59. The van der Waals surface area contributed by atoms with E-state index >= 15 is 0 Å². The molecule has 3 aromatic rings. The molecule has 2 aliphatic rings. The third-order valence-corrected chi connectivity index (χ3v) is 7.91. The topological polar surface area (TPSA) is 122 Å². The zero-order chi connectivity index (χ0) is 21.8. The molecule has 0 saturated carbocycles. The largest absolute Gasteiger partial charge is 0.484 e. The van der Waals surface area contributed by atoms with E-state index in [4.69, 9.17) is 27.1 Å². The molecule has 1 aromatic carbocycles. The van der Waals surface area contributed by atoms with Gasteiger partial charge in [0.1, 0.15) is 11.6 Å². The van der Waals surface area contributed by atoms with Crippen molar-refractivity contribution in [3.8, 4) is 16.5 Å². The summed E-state index contributed by atoms with van der Waals surface area (Å²) >= 11 is 7.48. The molecule has 31 heavy (non-hydrogen) atoms. The second kappa shape index (κ2) is 7.64. The predicted octanol–water partition coefficient (Wildman–Crippen LogP) is 4.18. The highest BCUT2D eigenvalue weighted by molar-refractivity contribution is 8.23. The average Bonchev–Trinajstić information content (AvgIpc) is 3.40. The van der Waals surface area contributed by atoms with Crippen molar-refractivity contribution in [3.63, 3.8) is 0 Å². The second-order valence-corrected chi connectivity index (χ2v) is 11.3. The van der Waals surface area contributed by atoms with Gasteiger partial charge in [-0.25, -0.2) is 9.97 Å². The number of hydrogen-bond acceptors (Lipinski definition) is 8. The van der Waals surface area contributed by atoms with Crippen molar-refractivity contribution in [2.45, 2.75) is 17.9 Å². The van der Waals surface area contributed by atoms with Crippen molar-refractivity contribution in [1.29, 1.82) is 0 Å². The molecule has 0 fully saturated rings. The quantitative estimate of drug-likeness (QED) is 0.502. The first-order chi connectivity index (χ1) is 14.8. The number of rotatable bonds is 5. The SMILES string of the molecule is NC(=O)COc1ccc2c(c1)N(c1nc(-c3ccc(Cl)s3)nc3c1CS(O)(O)C3)CC2. The molecule has 0 bridgehead atoms. The zero-order valence-corrected chi connectivity index (χ0v) is 18.6. The van der Waals surface area contributed by atoms with Crippen LogP contribution in [0.2, 0.25) is 4.34 Å². The van der Waals surface area contributed by atoms with Gasteiger partial charge in [-0.15, -0.1) is 11.3 Å². The molecular formula is C20H19ClN4O4S2. The molecule has 0 unspecified atom stereocenters. The molecule has 162 valence electrons. The summed E-state index contributed by atoms with van der Waals surface area (Å²) in [5.41, 5.74) is 8.61. The molecule has 2 aliphatic heterocycles. The fourth-order valence-electron chi connectivity index (χ4n) is 3.88. The Labute approximate surface area is 189 Å². The normalized spacial score (nSPS) is 17.3. The van der Waals surface area contributed by atoms with Crippen LogP contribution in [-0.4, -0.2) is 38.1 Å². The Bertz CT molecular complexity index is 1200. The van der Waals surface area contributed by atoms with Crippen LogP contribution in [0.25, 0.3) is 10.7 Å². The van der Waals surface area contributed by atoms with Crippen molar-refractivity contribution >= 4 is 50.9 Å². The van der Waals surface area contributed by atoms with Gasteiger partial charge in [0.05, 0.1) is 26.4 Å². The summed E-state index contributed by atoms with van der Waals surface area (Å²) in [7, 11) is -2.78. The molecule has 0 atom stereocenters. The lowest BCUT2D eigenvalue weighted by molar-refractivity contribution is -0.119. The molecular weight excluding hydrogens is 460 g/mol. The highest BCUT2D eigenvalue weighted by Gasteiger charge is 2.34. The monoisotopic (exact) mass is 478 g/mol. The van der Waals surface area contributed by atoms with Gasteiger partial charge in [0.25, 0.3) is 5.91 Å². The van der Waals surface area contributed by atoms with Crippen molar-refractivity contribution in [2.75, 3.05) is 18.1 Å². The fourth-order valence-corrected chi connectivity index (χ4v) is 6.39. The van der Waals surface area contributed by atoms with Gasteiger partial charge >= 0.3 is 0 Å². The summed E-state index contributed by atoms with van der Waals surface area (Å²) in [5.74, 6) is 1.41. The van der Waals surface area contributed by atoms with Crippen LogP contribution in [-0.2, 0) is 22.7 Å². The Kier molecular flexibility index (Phi) is 5.06. The van der Waals surface area contributed by atoms with Crippen molar-refractivity contribution in [2.24, 2.45) is 5.73 Å². The summed E-state index contributed by atoms with van der Waals surface area (Å²) in [6.45, 7) is 0.480. The third kappa shape index (κ3) is 3.97. The number of halogens is 1. The van der Waals surface area contributed by atoms with Crippen LogP contribution in [0.5, 0.6) is 5.75 Å². The Morgan fingerprint density at radius 2 is 2.10 bits per heavy atom. The number of aromatic nitrogens is 2. The lowest BCUT2D eigenvalue weighted by Gasteiger charge is -2.25. The standard InChI is InChI=1S/C20H19ClN4O4S2/c21-17-4-3-16(30-17)19-23-14-10-31(27,28)9-13(14)20(24-19)25-6-5-11-1-2-12(7-15(11)25)29-8-18(22)26/h1-4,7,27-28H,5-6,8-10H2,(H2,22,26). The van der Waals surface area contributed by atoms with Crippen LogP contribution in [0.3, 0.4) is 0 Å². The maximum atomic E-state index is 11.1. The van der Waals surface area contributed by atoms with Gasteiger partial charge in [0, 0.05) is 23.9 Å². The van der Waals surface area contributed by atoms with E-state index in [2.05, 4.69) is 4.98 Å². The second-order valence-electron chi connectivity index (χ2n) is 7.44. The first kappa shape index (κ1) is 20.5. The number of hydrogen-bond donors (Lipinski definition) is 3. The van der Waals surface area contributed by atoms with E-state index in [9.17, 15) is 13.9 Å². The van der Waals surface area contributed by atoms with Gasteiger partial charge in [-0.3, -0.25) is 13.9 Å². The molecule has 4 heterocycles. The maximum absolute atomic E-state index is 11.1. The molecule has 0 radical (unpaired) electrons. The number of nitrogens with zero attached hydrogens (tertiary/aromatic N) is 3. The summed E-state index contributed by atoms with van der Waals surface area (Å²) in [5, 5.41) is 0. The van der Waals surface area contributed by atoms with Gasteiger partial charge in [-0.05, 0) is 30.2 Å². The number of anilines is 2. The Hall–Kier alpha value is -2.37. The lowest BCUT2D eigenvalue weighted by Crippen LogP contribution is -2.20. The van der Waals surface area contributed by atoms with Crippen LogP contribution >= 0.6 is 33.5 Å². The van der Waals surface area contributed by atoms with E-state index in [0.29, 0.717) is 34.0 Å². The average molecular weight is 479 g/mol. The predicted molar refractivity (Wildman–Crippen MR) is 122 cm³/mol. The molecule has 11 heteroatoms. The number of ether oxygens (including phenoxy) is 1. The number of nitrogens with two attached hydrogens (primary N) is 1. The number of fused-ring (bicyclic) bond motifs is 2. The number of carbonyl (C=O) groups is 1. The molecule has 0 aliphatic carbocycles. The maximum Gasteiger partial charge on any atom is 0.255 e. The molecule has 8 nitrogen and oxygen atoms in total. The van der Waals surface area contributed by atoms with Crippen molar-refractivity contribution in [3.05, 3.63) is 51.5 Å². The van der Waals surface area contributed by atoms with E-state index in [1.54, 1.807) is 6.07 Å². The first-order valence-electron chi connectivity index (χ1n) is 9.50. The molecule has 4 N–H and O–H groups in total. The van der Waals surface area contributed by atoms with E-state index < -0.39 is 16.5 Å². The summed E-state index contributed by atoms with van der Waals surface area (Å²) < 4.78 is 26.9. The molecule has 0 saturated heterocycles. The van der Waals surface area contributed by atoms with Gasteiger partial charge in [0.2, 0.25) is 0 Å². The van der Waals surface area contributed by atoms with E-state index in [1.165, 1.54) is 11.3 Å². The fraction of sp³-hybridized carbons (Fsp3) is 0.250. The highest BCUT2D eigenvalue weighted by atomic mass is 35.5. The lowest BCUT2D eigenvalue weighted by atomic mass is 10.1. The van der Waals surface area contributed by atoms with Gasteiger partial charge in [-0.1, -0.05) is 17.7 Å². The van der Waals surface area contributed by atoms with E-state index in [-0.39, 0.29) is 18.1 Å². The number of primary amides is 1. The Morgan fingerprint density at radius 3 is 2.84 bits per heavy atom. The molecule has 5 rings (SSSR count). The summed E-state index contributed by atoms with van der Waals surface area (Å²) in [4.78, 5) is 23.4. The van der Waals surface area contributed by atoms with Crippen LogP contribution in [0.1, 0.15) is 16.8 Å².